The van der Waals surface area contributed by atoms with Gasteiger partial charge >= 0.3 is 0 Å². The fourth-order valence-corrected chi connectivity index (χ4v) is 11.0. The molecular weight excluding hydrogens is 608 g/mol. The lowest BCUT2D eigenvalue weighted by atomic mass is 9.59. The van der Waals surface area contributed by atoms with Crippen molar-refractivity contribution in [2.45, 2.75) is 139 Å². The van der Waals surface area contributed by atoms with Gasteiger partial charge in [-0.3, -0.25) is 15.1 Å². The largest absolute Gasteiger partial charge is 0.496 e. The van der Waals surface area contributed by atoms with Gasteiger partial charge in [0.05, 0.1) is 32.4 Å². The van der Waals surface area contributed by atoms with Crippen molar-refractivity contribution in [2.24, 2.45) is 11.3 Å². The summed E-state index contributed by atoms with van der Waals surface area (Å²) in [5.74, 6) is 1.62. The molecule has 0 radical (unpaired) electrons. The Kier molecular flexibility index (Phi) is 11.7. The third-order valence-corrected chi connectivity index (χ3v) is 13.7. The fraction of sp³-hybridized carbons (Fsp3) is 0.780. The van der Waals surface area contributed by atoms with E-state index in [1.54, 1.807) is 0 Å². The van der Waals surface area contributed by atoms with E-state index in [9.17, 15) is 5.26 Å². The van der Waals surface area contributed by atoms with Crippen LogP contribution in [-0.4, -0.2) is 110 Å². The minimum atomic E-state index is -0.0779. The first-order valence-electron chi connectivity index (χ1n) is 20.0. The van der Waals surface area contributed by atoms with Crippen molar-refractivity contribution >= 4 is 0 Å². The number of ether oxygens (including phenoxy) is 2. The third kappa shape index (κ3) is 7.64. The molecule has 0 bridgehead atoms. The topological polar surface area (TPSA) is 67.2 Å². The summed E-state index contributed by atoms with van der Waals surface area (Å²) in [4.78, 5) is 10.7. The van der Waals surface area contributed by atoms with E-state index in [0.29, 0.717) is 42.0 Å². The van der Waals surface area contributed by atoms with Gasteiger partial charge in [0, 0.05) is 56.3 Å². The molecular formula is C41H64N6O2. The van der Waals surface area contributed by atoms with E-state index in [4.69, 9.17) is 9.47 Å². The first kappa shape index (κ1) is 35.4. The molecule has 8 heteroatoms. The molecule has 8 nitrogen and oxygen atoms in total. The first-order valence-corrected chi connectivity index (χ1v) is 20.0. The van der Waals surface area contributed by atoms with Gasteiger partial charge in [-0.25, -0.2) is 4.90 Å². The Labute approximate surface area is 297 Å². The summed E-state index contributed by atoms with van der Waals surface area (Å²) in [6.07, 6.45) is 21.8. The lowest BCUT2D eigenvalue weighted by molar-refractivity contribution is -0.219. The average Bonchev–Trinajstić information content (AvgIpc) is 3.51. The van der Waals surface area contributed by atoms with Crippen LogP contribution < -0.4 is 10.1 Å². The van der Waals surface area contributed by atoms with Gasteiger partial charge in [-0.15, -0.1) is 6.58 Å². The Hall–Kier alpha value is -1.99. The highest BCUT2D eigenvalue weighted by Gasteiger charge is 2.54. The number of benzene rings is 1. The van der Waals surface area contributed by atoms with E-state index < -0.39 is 0 Å². The summed E-state index contributed by atoms with van der Waals surface area (Å²) < 4.78 is 13.1. The Morgan fingerprint density at radius 3 is 2.61 bits per heavy atom. The highest BCUT2D eigenvalue weighted by molar-refractivity contribution is 5.43. The highest BCUT2D eigenvalue weighted by atomic mass is 16.5. The molecule has 1 spiro atoms. The van der Waals surface area contributed by atoms with Crippen molar-refractivity contribution in [3.05, 3.63) is 42.0 Å². The van der Waals surface area contributed by atoms with Crippen LogP contribution in [0.2, 0.25) is 0 Å². The van der Waals surface area contributed by atoms with E-state index in [0.717, 1.165) is 51.4 Å². The Bertz CT molecular complexity index is 1280. The van der Waals surface area contributed by atoms with Gasteiger partial charge < -0.3 is 14.4 Å². The molecule has 3 aliphatic carbocycles. The number of fused-ring (bicyclic) bond motifs is 2. The molecule has 0 aromatic heterocycles. The molecule has 7 rings (SSSR count). The molecule has 3 aliphatic heterocycles. The summed E-state index contributed by atoms with van der Waals surface area (Å²) in [5.41, 5.74) is 3.23. The monoisotopic (exact) mass is 673 g/mol. The maximum atomic E-state index is 9.91. The Balaban J connectivity index is 1.21. The maximum absolute atomic E-state index is 9.91. The summed E-state index contributed by atoms with van der Waals surface area (Å²) in [7, 11) is 4.11. The first-order chi connectivity index (χ1) is 24.0. The van der Waals surface area contributed by atoms with Crippen molar-refractivity contribution in [2.75, 3.05) is 53.5 Å². The van der Waals surface area contributed by atoms with E-state index in [2.05, 4.69) is 62.8 Å². The molecule has 1 aromatic rings. The second-order valence-electron chi connectivity index (χ2n) is 16.6. The molecule has 49 heavy (non-hydrogen) atoms. The number of methoxy groups -OCH3 is 1. The van der Waals surface area contributed by atoms with Gasteiger partial charge in [-0.05, 0) is 100 Å². The van der Waals surface area contributed by atoms with Crippen LogP contribution in [-0.2, 0) is 17.6 Å². The second kappa shape index (κ2) is 16.1. The van der Waals surface area contributed by atoms with Gasteiger partial charge in [-0.1, -0.05) is 50.3 Å². The van der Waals surface area contributed by atoms with Crippen LogP contribution in [0.4, 0.5) is 0 Å². The number of hydrogen-bond acceptors (Lipinski definition) is 8. The number of nitrogens with one attached hydrogen (secondary N) is 1. The molecule has 7 atom stereocenters. The summed E-state index contributed by atoms with van der Waals surface area (Å²) in [5, 5.41) is 14.2. The zero-order valence-corrected chi connectivity index (χ0v) is 30.7. The summed E-state index contributed by atoms with van der Waals surface area (Å²) in [6, 6.07) is 10.9. The van der Waals surface area contributed by atoms with Crippen molar-refractivity contribution < 1.29 is 9.47 Å². The number of piperazine rings is 1. The highest BCUT2D eigenvalue weighted by Crippen LogP contribution is 2.52. The molecule has 1 aromatic carbocycles. The van der Waals surface area contributed by atoms with Crippen LogP contribution in [0.1, 0.15) is 101 Å². The van der Waals surface area contributed by atoms with Crippen molar-refractivity contribution in [1.29, 1.82) is 5.26 Å². The predicted molar refractivity (Wildman–Crippen MR) is 196 cm³/mol. The number of aryl methyl sites for hydroxylation is 1. The van der Waals surface area contributed by atoms with Crippen molar-refractivity contribution in [1.82, 2.24) is 24.9 Å². The number of nitriles is 1. The normalized spacial score (nSPS) is 35.6. The average molecular weight is 673 g/mol. The third-order valence-electron chi connectivity index (χ3n) is 13.7. The van der Waals surface area contributed by atoms with Crippen LogP contribution in [0.15, 0.2) is 30.9 Å². The molecule has 2 saturated carbocycles. The fourth-order valence-electron chi connectivity index (χ4n) is 11.0. The SMILES string of the molecule is C=CCN1CCN(C2C3CCC4(CCc5cccc(OC)c5C4)CC3NC(OCC3CCCN3C)N2C2CCCCCCC2)CC1CC#N. The molecule has 270 valence electrons. The number of hydrogen-bond donors (Lipinski definition) is 1. The Morgan fingerprint density at radius 1 is 1.02 bits per heavy atom. The number of nitrogens with zero attached hydrogens (tertiary/aromatic N) is 5. The van der Waals surface area contributed by atoms with E-state index in [1.807, 2.05) is 13.2 Å². The minimum Gasteiger partial charge on any atom is -0.496 e. The zero-order valence-electron chi connectivity index (χ0n) is 30.7. The van der Waals surface area contributed by atoms with Crippen LogP contribution in [0, 0.1) is 22.7 Å². The van der Waals surface area contributed by atoms with Crippen molar-refractivity contribution in [3.63, 3.8) is 0 Å². The molecule has 1 N–H and O–H groups in total. The smallest absolute Gasteiger partial charge is 0.167 e. The number of rotatable bonds is 9. The van der Waals surface area contributed by atoms with Gasteiger partial charge in [0.25, 0.3) is 0 Å². The quantitative estimate of drug-likeness (QED) is 0.313. The van der Waals surface area contributed by atoms with Gasteiger partial charge in [-0.2, -0.15) is 5.26 Å². The molecule has 5 fully saturated rings. The summed E-state index contributed by atoms with van der Waals surface area (Å²) in [6.45, 7) is 9.87. The van der Waals surface area contributed by atoms with Gasteiger partial charge in [0.15, 0.2) is 6.35 Å². The standard InChI is InChI=1S/C41H64N6O2/c1-4-23-45-25-26-46(29-33(45)19-22-42)39-35-18-21-41(20-17-31-12-10-16-38(48-3)36(31)27-41)28-37(35)43-40(49-30-34-15-11-24-44(34)2)47(39)32-13-8-6-5-7-9-14-32/h4,10,12,16,32-35,37,39-40,43H,1,5-9,11,13-15,17-21,23-30H2,2-3H3. The van der Waals surface area contributed by atoms with Crippen LogP contribution in [0.25, 0.3) is 0 Å². The number of likely N-dealkylation sites (tertiary alicyclic amines) is 1. The predicted octanol–water partition coefficient (Wildman–Crippen LogP) is 6.16. The minimum absolute atomic E-state index is 0.0779. The van der Waals surface area contributed by atoms with Crippen LogP contribution in [0.5, 0.6) is 5.75 Å². The van der Waals surface area contributed by atoms with Crippen LogP contribution in [0.3, 0.4) is 0 Å². The lowest BCUT2D eigenvalue weighted by Gasteiger charge is -2.61. The van der Waals surface area contributed by atoms with Crippen LogP contribution >= 0.6 is 0 Å². The summed E-state index contributed by atoms with van der Waals surface area (Å²) >= 11 is 0. The van der Waals surface area contributed by atoms with Gasteiger partial charge in [0.2, 0.25) is 0 Å². The second-order valence-corrected chi connectivity index (χ2v) is 16.6. The van der Waals surface area contributed by atoms with E-state index >= 15 is 0 Å². The molecule has 7 unspecified atom stereocenters. The molecule has 3 saturated heterocycles. The van der Waals surface area contributed by atoms with E-state index in [1.165, 1.54) is 101 Å². The van der Waals surface area contributed by atoms with Gasteiger partial charge in [0.1, 0.15) is 5.75 Å². The molecule has 0 amide bonds. The Morgan fingerprint density at radius 2 is 1.86 bits per heavy atom. The molecule has 6 aliphatic rings. The van der Waals surface area contributed by atoms with E-state index in [-0.39, 0.29) is 12.4 Å². The lowest BCUT2D eigenvalue weighted by Crippen LogP contribution is -2.75. The number of likely N-dealkylation sites (N-methyl/N-ethyl adjacent to an activating group) is 1. The zero-order chi connectivity index (χ0) is 33.8. The van der Waals surface area contributed by atoms with Crippen molar-refractivity contribution in [3.8, 4) is 11.8 Å². The molecule has 3 heterocycles. The maximum Gasteiger partial charge on any atom is 0.167 e.